The molecule has 0 radical (unpaired) electrons. The van der Waals surface area contributed by atoms with Gasteiger partial charge in [0.1, 0.15) is 101 Å². The van der Waals surface area contributed by atoms with Crippen LogP contribution < -0.4 is 26.6 Å². The number of alkyl carbamates (subject to hydrolysis) is 1. The summed E-state index contributed by atoms with van der Waals surface area (Å²) >= 11 is 0. The number of hydrogen-bond donors (Lipinski definition) is 11. The minimum absolute atomic E-state index is 0.0192. The molecule has 1 aromatic carbocycles. The number of nitrogens with zero attached hydrogens (tertiary/aromatic N) is 9. The van der Waals surface area contributed by atoms with Crippen LogP contribution in [0.25, 0.3) is 0 Å². The Bertz CT molecular complexity index is 3430. The van der Waals surface area contributed by atoms with Gasteiger partial charge in [-0.15, -0.1) is 15.3 Å². The molecule has 3 aromatic heterocycles. The average Bonchev–Trinajstić information content (AvgIpc) is 1.63. The Morgan fingerprint density at radius 2 is 0.732 bits per heavy atom. The van der Waals surface area contributed by atoms with E-state index in [1.165, 1.54) is 20.8 Å². The Morgan fingerprint density at radius 1 is 0.423 bits per heavy atom. The molecule has 6 aliphatic heterocycles. The van der Waals surface area contributed by atoms with Crippen LogP contribution in [0.2, 0.25) is 0 Å². The largest absolute Gasteiger partial charge is 0.445 e. The van der Waals surface area contributed by atoms with Gasteiger partial charge in [0, 0.05) is 33.7 Å². The van der Waals surface area contributed by atoms with E-state index in [0.29, 0.717) is 76.4 Å². The van der Waals surface area contributed by atoms with Gasteiger partial charge in [0.25, 0.3) is 0 Å². The number of amides is 5. The van der Waals surface area contributed by atoms with Crippen molar-refractivity contribution in [2.75, 3.05) is 205 Å². The van der Waals surface area contributed by atoms with Crippen LogP contribution >= 0.6 is 0 Å². The lowest BCUT2D eigenvalue weighted by Crippen LogP contribution is -2.66. The lowest BCUT2D eigenvalue weighted by Gasteiger charge is -2.42. The fourth-order valence-corrected chi connectivity index (χ4v) is 13.8. The number of carbonyl (C=O) groups is 5. The Hall–Kier alpha value is -7.29. The maximum atomic E-state index is 14.1. The third-order valence-electron chi connectivity index (χ3n) is 20.1. The van der Waals surface area contributed by atoms with E-state index in [0.717, 1.165) is 5.56 Å². The first-order chi connectivity index (χ1) is 59.7. The van der Waals surface area contributed by atoms with Crippen molar-refractivity contribution >= 4 is 29.7 Å². The molecule has 4 aromatic rings. The highest BCUT2D eigenvalue weighted by Crippen LogP contribution is 2.40. The fraction of sp³-hybridized carbons (Fsp3) is 0.776. The molecule has 6 bridgehead atoms. The number of aliphatic hydroxyl groups excluding tert-OH is 6. The molecule has 15 atom stereocenters. The zero-order chi connectivity index (χ0) is 87.1. The van der Waals surface area contributed by atoms with Crippen LogP contribution in [0.4, 0.5) is 4.79 Å². The summed E-state index contributed by atoms with van der Waals surface area (Å²) in [6.07, 6.45) is -6.03. The number of rotatable bonds is 64. The first-order valence-electron chi connectivity index (χ1n) is 41.0. The van der Waals surface area contributed by atoms with Crippen molar-refractivity contribution in [1.29, 1.82) is 0 Å². The highest BCUT2D eigenvalue weighted by Gasteiger charge is 2.62. The van der Waals surface area contributed by atoms with Crippen LogP contribution in [0.3, 0.4) is 0 Å². The molecule has 9 heterocycles. The highest BCUT2D eigenvalue weighted by molar-refractivity contribution is 5.77. The third kappa shape index (κ3) is 31.3. The average molecular weight is 1760 g/mol. The highest BCUT2D eigenvalue weighted by atomic mass is 16.8. The Morgan fingerprint density at radius 3 is 1.05 bits per heavy atom. The molecule has 6 saturated heterocycles. The van der Waals surface area contributed by atoms with Crippen LogP contribution in [0.15, 0.2) is 48.9 Å². The quantitative estimate of drug-likeness (QED) is 0.0184. The van der Waals surface area contributed by atoms with Gasteiger partial charge in [-0.25, -0.2) is 18.8 Å². The molecule has 10 rings (SSSR count). The van der Waals surface area contributed by atoms with Gasteiger partial charge in [0.05, 0.1) is 256 Å². The van der Waals surface area contributed by atoms with Crippen molar-refractivity contribution < 1.29 is 159 Å². The molecule has 47 heteroatoms. The predicted molar refractivity (Wildman–Crippen MR) is 413 cm³/mol. The summed E-state index contributed by atoms with van der Waals surface area (Å²) in [5.74, 6) is -1.59. The zero-order valence-corrected chi connectivity index (χ0v) is 69.6. The maximum Gasteiger partial charge on any atom is 0.407 e. The van der Waals surface area contributed by atoms with E-state index in [2.05, 4.69) is 57.5 Å². The van der Waals surface area contributed by atoms with Crippen molar-refractivity contribution in [3.8, 4) is 0 Å². The summed E-state index contributed by atoms with van der Waals surface area (Å²) in [5, 5.41) is 103. The number of nitrogens with one attached hydrogen (secondary N) is 5. The lowest BCUT2D eigenvalue weighted by molar-refractivity contribution is -0.238. The Kier molecular flexibility index (Phi) is 41.0. The van der Waals surface area contributed by atoms with Crippen molar-refractivity contribution in [3.05, 3.63) is 71.6 Å². The number of hydrogen-bond acceptors (Lipinski definition) is 39. The van der Waals surface area contributed by atoms with Gasteiger partial charge in [0.2, 0.25) is 23.6 Å². The molecule has 0 spiro atoms. The molecule has 0 saturated carbocycles. The van der Waals surface area contributed by atoms with Crippen molar-refractivity contribution in [2.45, 2.75) is 176 Å². The van der Waals surface area contributed by atoms with Crippen LogP contribution in [0.1, 0.15) is 56.3 Å². The van der Waals surface area contributed by atoms with Crippen LogP contribution in [-0.4, -0.2) is 406 Å². The minimum Gasteiger partial charge on any atom is -0.445 e. The van der Waals surface area contributed by atoms with Crippen LogP contribution in [0, 0.1) is 0 Å². The van der Waals surface area contributed by atoms with Gasteiger partial charge in [-0.05, 0) is 12.0 Å². The SMILES string of the molecule is CC(=O)N[C@H]1[C@H]2OC[C@](COCCOCCOCCOCCn3cc(COCC(COCc4cn(CCOCCOCCOCCOC[C@@]56CO[C@@H](O5)[C@H](NC(C)=O)[C@@H](O)[C@H]6O)nn4)(COCc4cn(CCOCCOCCOCCOC[C@@]56CO[C@@H](O5)[C@H](NC(C)=O)[C@@H](O)[C@H]6O)nn4)NC(=O)CCCNC(=O)OCc4ccccc4)nn3)(O2)[C@H](O)[C@@H]1O. The Labute approximate surface area is 709 Å². The van der Waals surface area contributed by atoms with Gasteiger partial charge in [-0.2, -0.15) is 0 Å². The molecule has 47 nitrogen and oxygen atoms in total. The number of aromatic nitrogens is 9. The van der Waals surface area contributed by atoms with E-state index in [1.807, 2.05) is 30.3 Å². The van der Waals surface area contributed by atoms with Crippen LogP contribution in [0.5, 0.6) is 0 Å². The smallest absolute Gasteiger partial charge is 0.407 e. The van der Waals surface area contributed by atoms with E-state index < -0.39 is 126 Å². The van der Waals surface area contributed by atoms with E-state index in [9.17, 15) is 54.6 Å². The molecular weight excluding hydrogens is 1640 g/mol. The second-order valence-corrected chi connectivity index (χ2v) is 30.1. The molecule has 123 heavy (non-hydrogen) atoms. The molecule has 692 valence electrons. The molecule has 0 unspecified atom stereocenters. The molecular formula is C76H120N14O33. The zero-order valence-electron chi connectivity index (χ0n) is 69.6. The van der Waals surface area contributed by atoms with Crippen molar-refractivity contribution in [1.82, 2.24) is 71.6 Å². The predicted octanol–water partition coefficient (Wildman–Crippen LogP) is -5.77. The van der Waals surface area contributed by atoms with Gasteiger partial charge < -0.3 is 161 Å². The number of carbonyl (C=O) groups excluding carboxylic acids is 5. The number of fused-ring (bicyclic) bond motifs is 6. The maximum absolute atomic E-state index is 14.1. The summed E-state index contributed by atoms with van der Waals surface area (Å²) in [6.45, 7) is 9.82. The third-order valence-corrected chi connectivity index (χ3v) is 20.1. The number of ether oxygens (including phenoxy) is 22. The summed E-state index contributed by atoms with van der Waals surface area (Å²) in [6, 6.07) is 6.47. The monoisotopic (exact) mass is 1760 g/mol. The second-order valence-electron chi connectivity index (χ2n) is 30.1. The van der Waals surface area contributed by atoms with Gasteiger partial charge in [0.15, 0.2) is 18.9 Å². The van der Waals surface area contributed by atoms with Crippen LogP contribution in [-0.2, 0) is 169 Å². The summed E-state index contributed by atoms with van der Waals surface area (Å²) in [7, 11) is 0. The van der Waals surface area contributed by atoms with E-state index in [4.69, 9.17) is 104 Å². The summed E-state index contributed by atoms with van der Waals surface area (Å²) in [4.78, 5) is 61.5. The standard InChI is InChI=1S/C76H120N14O33/c1-52(91)78-60-63(95)66(98)74(49-118-69(60)121-74)46-111-33-30-108-27-24-105-21-18-102-15-12-88-36-56(82-85-88)40-114-43-73(81-59(94)10-7-11-77-72(101)117-39-55-8-5-4-6-9-55,44-115-41-57-37-89(86-83-57)13-16-103-19-22-106-25-28-109-31-34-112-47-75-50-119-70(122-75)61(79-53(2)92)64(96)67(75)99)45-116-42-58-38-90(87-84-58)14-17-104-20-23-107-26-29-110-32-35-113-48-76-51-120-71(123-76)62(80-54(3)93)65(97)68(76)100/h4-6,8-9,36-38,60-71,95-100H,7,10-35,39-51H2,1-3H3,(H,77,101)(H,78,91)(H,79,92)(H,80,93)(H,81,94)/t60-,61-,62-,63-,64-,65-,66-,67-,68-,69+,70+,71+,74+,75+,76+/m1/s1. The van der Waals surface area contributed by atoms with Gasteiger partial charge in [-0.3, -0.25) is 19.2 Å². The molecule has 5 amide bonds. The van der Waals surface area contributed by atoms with Gasteiger partial charge in [-0.1, -0.05) is 46.0 Å². The van der Waals surface area contributed by atoms with E-state index in [-0.39, 0.29) is 204 Å². The number of aliphatic hydroxyl groups is 6. The normalized spacial score (nSPS) is 25.8. The summed E-state index contributed by atoms with van der Waals surface area (Å²) < 4.78 is 132. The van der Waals surface area contributed by atoms with Gasteiger partial charge >= 0.3 is 6.09 Å². The van der Waals surface area contributed by atoms with E-state index >= 15 is 0 Å². The minimum atomic E-state index is -1.37. The lowest BCUT2D eigenvalue weighted by atomic mass is 9.88. The first kappa shape index (κ1) is 97.9. The van der Waals surface area contributed by atoms with Crippen molar-refractivity contribution in [3.63, 3.8) is 0 Å². The Balaban J connectivity index is 0.645. The van der Waals surface area contributed by atoms with E-state index in [1.54, 1.807) is 32.6 Å². The molecule has 6 aliphatic rings. The van der Waals surface area contributed by atoms with Crippen molar-refractivity contribution in [2.24, 2.45) is 0 Å². The molecule has 0 aliphatic carbocycles. The topological polar surface area (TPSA) is 562 Å². The second kappa shape index (κ2) is 51.5. The first-order valence-corrected chi connectivity index (χ1v) is 41.0. The fourth-order valence-electron chi connectivity index (χ4n) is 13.8. The number of benzene rings is 1. The molecule has 11 N–H and O–H groups in total. The molecule has 6 fully saturated rings. The summed E-state index contributed by atoms with van der Waals surface area (Å²) in [5.41, 5.74) is -2.98.